The minimum atomic E-state index is 0.00347. The van der Waals surface area contributed by atoms with Crippen molar-refractivity contribution in [1.82, 2.24) is 19.5 Å². The van der Waals surface area contributed by atoms with Gasteiger partial charge in [-0.25, -0.2) is 15.0 Å². The van der Waals surface area contributed by atoms with Crippen LogP contribution in [-0.2, 0) is 0 Å². The van der Waals surface area contributed by atoms with Crippen molar-refractivity contribution in [3.63, 3.8) is 0 Å². The molecule has 3 aromatic rings. The number of rotatable bonds is 4. The van der Waals surface area contributed by atoms with E-state index in [-0.39, 0.29) is 5.76 Å². The van der Waals surface area contributed by atoms with E-state index in [2.05, 4.69) is 36.5 Å². The largest absolute Gasteiger partial charge is 0.508 e. The number of aliphatic hydroxyl groups excluding tert-OH is 1. The second kappa shape index (κ2) is 7.11. The summed E-state index contributed by atoms with van der Waals surface area (Å²) in [5, 5.41) is 11.8. The predicted molar refractivity (Wildman–Crippen MR) is 116 cm³/mol. The molecule has 0 aliphatic rings. The Morgan fingerprint density at radius 3 is 2.50 bits per heavy atom. The van der Waals surface area contributed by atoms with Gasteiger partial charge in [0.05, 0.1) is 11.1 Å². The zero-order chi connectivity index (χ0) is 20.7. The molecule has 0 bridgehead atoms. The summed E-state index contributed by atoms with van der Waals surface area (Å²) in [4.78, 5) is 13.6. The van der Waals surface area contributed by atoms with Crippen LogP contribution in [0.3, 0.4) is 0 Å². The van der Waals surface area contributed by atoms with E-state index < -0.39 is 0 Å². The zero-order valence-electron chi connectivity index (χ0n) is 17.3. The lowest BCUT2D eigenvalue weighted by Gasteiger charge is -2.16. The fourth-order valence-corrected chi connectivity index (χ4v) is 3.59. The summed E-state index contributed by atoms with van der Waals surface area (Å²) < 4.78 is 1.95. The van der Waals surface area contributed by atoms with Gasteiger partial charge in [0.2, 0.25) is 0 Å². The number of hydrogen-bond acceptors (Lipinski definition) is 5. The molecule has 0 amide bonds. The summed E-state index contributed by atoms with van der Waals surface area (Å²) in [6, 6.07) is 2.13. The molecule has 0 aromatic carbocycles. The first-order valence-electron chi connectivity index (χ1n) is 9.33. The Morgan fingerprint density at radius 1 is 1.25 bits per heavy atom. The molecule has 0 fully saturated rings. The van der Waals surface area contributed by atoms with Crippen molar-refractivity contribution in [2.75, 3.05) is 5.73 Å². The summed E-state index contributed by atoms with van der Waals surface area (Å²) >= 11 is 0. The zero-order valence-corrected chi connectivity index (χ0v) is 17.3. The highest BCUT2D eigenvalue weighted by atomic mass is 16.3. The third kappa shape index (κ3) is 2.95. The lowest BCUT2D eigenvalue weighted by Crippen LogP contribution is -2.06. The standard InChI is InChI=1S/C22H27N5O/c1-8-12(4)19(13(5)15(7)28)27-21-17(9-16(11(2)3)14(6)26-21)18-20(23)24-10-25-22(18)27/h8-11,28H,7H2,1-6H3,(H2,23,24,25)/b12-8-,19-13+. The normalized spacial score (nSPS) is 13.5. The number of pyridine rings is 1. The van der Waals surface area contributed by atoms with Crippen molar-refractivity contribution in [3.8, 4) is 0 Å². The SMILES string of the molecule is C=C(O)/C(C)=C(\C(C)=C/C)n1c2nc(C)c(C(C)C)cc2c2c(N)ncnc21. The molecule has 0 aliphatic heterocycles. The highest BCUT2D eigenvalue weighted by Gasteiger charge is 2.23. The number of aliphatic hydroxyl groups is 1. The van der Waals surface area contributed by atoms with E-state index in [0.717, 1.165) is 38.9 Å². The van der Waals surface area contributed by atoms with Gasteiger partial charge in [0.25, 0.3) is 0 Å². The van der Waals surface area contributed by atoms with Crippen molar-refractivity contribution in [1.29, 1.82) is 0 Å². The van der Waals surface area contributed by atoms with E-state index in [1.54, 1.807) is 0 Å². The predicted octanol–water partition coefficient (Wildman–Crippen LogP) is 5.26. The molecule has 0 radical (unpaired) electrons. The molecule has 0 atom stereocenters. The van der Waals surface area contributed by atoms with Gasteiger partial charge >= 0.3 is 0 Å². The Labute approximate surface area is 165 Å². The van der Waals surface area contributed by atoms with Crippen molar-refractivity contribution in [3.05, 3.63) is 53.2 Å². The van der Waals surface area contributed by atoms with E-state index in [1.165, 1.54) is 6.33 Å². The fraction of sp³-hybridized carbons (Fsp3) is 0.318. The average Bonchev–Trinajstić information content (AvgIpc) is 2.95. The van der Waals surface area contributed by atoms with E-state index >= 15 is 0 Å². The van der Waals surface area contributed by atoms with Gasteiger partial charge in [-0.1, -0.05) is 26.5 Å². The second-order valence-electron chi connectivity index (χ2n) is 7.37. The van der Waals surface area contributed by atoms with Crippen molar-refractivity contribution < 1.29 is 5.11 Å². The highest BCUT2D eigenvalue weighted by molar-refractivity contribution is 6.12. The van der Waals surface area contributed by atoms with Crippen LogP contribution < -0.4 is 5.73 Å². The Balaban J connectivity index is 2.62. The van der Waals surface area contributed by atoms with Gasteiger partial charge in [0, 0.05) is 16.7 Å². The van der Waals surface area contributed by atoms with Gasteiger partial charge in [0.1, 0.15) is 23.6 Å². The maximum Gasteiger partial charge on any atom is 0.152 e. The van der Waals surface area contributed by atoms with Crippen LogP contribution in [0.5, 0.6) is 0 Å². The molecule has 6 nitrogen and oxygen atoms in total. The fourth-order valence-electron chi connectivity index (χ4n) is 3.59. The maximum atomic E-state index is 10.1. The van der Waals surface area contributed by atoms with Gasteiger partial charge in [-0.05, 0) is 50.8 Å². The number of aryl methyl sites for hydroxylation is 1. The van der Waals surface area contributed by atoms with E-state index in [9.17, 15) is 5.11 Å². The van der Waals surface area contributed by atoms with E-state index in [1.807, 2.05) is 38.3 Å². The van der Waals surface area contributed by atoms with Gasteiger partial charge in [-0.2, -0.15) is 0 Å². The number of hydrogen-bond donors (Lipinski definition) is 2. The summed E-state index contributed by atoms with van der Waals surface area (Å²) in [5.41, 5.74) is 12.2. The number of nitrogens with two attached hydrogens (primary N) is 1. The summed E-state index contributed by atoms with van der Waals surface area (Å²) in [7, 11) is 0. The molecule has 28 heavy (non-hydrogen) atoms. The van der Waals surface area contributed by atoms with Crippen LogP contribution in [0.4, 0.5) is 5.82 Å². The molecule has 0 saturated carbocycles. The van der Waals surface area contributed by atoms with Crippen molar-refractivity contribution in [2.24, 2.45) is 0 Å². The molecule has 0 unspecified atom stereocenters. The van der Waals surface area contributed by atoms with Gasteiger partial charge < -0.3 is 10.8 Å². The third-order valence-corrected chi connectivity index (χ3v) is 5.22. The van der Waals surface area contributed by atoms with Crippen LogP contribution in [0.15, 0.2) is 42.0 Å². The number of anilines is 1. The molecule has 0 saturated heterocycles. The van der Waals surface area contributed by atoms with Gasteiger partial charge in [-0.15, -0.1) is 0 Å². The summed E-state index contributed by atoms with van der Waals surface area (Å²) in [6.45, 7) is 15.8. The van der Waals surface area contributed by atoms with Crippen LogP contribution in [0, 0.1) is 6.92 Å². The van der Waals surface area contributed by atoms with Crippen LogP contribution in [0.2, 0.25) is 0 Å². The number of nitrogens with zero attached hydrogens (tertiary/aromatic N) is 4. The maximum absolute atomic E-state index is 10.1. The summed E-state index contributed by atoms with van der Waals surface area (Å²) in [5.74, 6) is 0.739. The Morgan fingerprint density at radius 2 is 1.93 bits per heavy atom. The average molecular weight is 377 g/mol. The molecule has 3 N–H and O–H groups in total. The number of aromatic nitrogens is 4. The quantitative estimate of drug-likeness (QED) is 0.478. The van der Waals surface area contributed by atoms with Crippen LogP contribution >= 0.6 is 0 Å². The smallest absolute Gasteiger partial charge is 0.152 e. The molecule has 3 aromatic heterocycles. The molecule has 146 valence electrons. The van der Waals surface area contributed by atoms with E-state index in [0.29, 0.717) is 23.0 Å². The molecule has 3 rings (SSSR count). The number of allylic oxidation sites excluding steroid dienone is 4. The molecule has 0 spiro atoms. The van der Waals surface area contributed by atoms with Crippen molar-refractivity contribution in [2.45, 2.75) is 47.5 Å². The summed E-state index contributed by atoms with van der Waals surface area (Å²) in [6.07, 6.45) is 3.44. The monoisotopic (exact) mass is 377 g/mol. The van der Waals surface area contributed by atoms with Crippen molar-refractivity contribution >= 4 is 33.6 Å². The molecular formula is C22H27N5O. The topological polar surface area (TPSA) is 89.8 Å². The number of nitrogen functional groups attached to an aromatic ring is 1. The molecule has 6 heteroatoms. The lowest BCUT2D eigenvalue weighted by molar-refractivity contribution is 0.426. The van der Waals surface area contributed by atoms with E-state index in [4.69, 9.17) is 10.7 Å². The Bertz CT molecular complexity index is 1160. The highest BCUT2D eigenvalue weighted by Crippen LogP contribution is 2.37. The lowest BCUT2D eigenvalue weighted by atomic mass is 10.0. The minimum absolute atomic E-state index is 0.00347. The molecule has 0 aliphatic carbocycles. The Hall–Kier alpha value is -3.15. The third-order valence-electron chi connectivity index (χ3n) is 5.22. The van der Waals surface area contributed by atoms with Crippen LogP contribution in [0.1, 0.15) is 51.8 Å². The van der Waals surface area contributed by atoms with Gasteiger partial charge in [0.15, 0.2) is 5.65 Å². The molecule has 3 heterocycles. The van der Waals surface area contributed by atoms with Crippen LogP contribution in [0.25, 0.3) is 27.8 Å². The minimum Gasteiger partial charge on any atom is -0.508 e. The number of fused-ring (bicyclic) bond motifs is 3. The van der Waals surface area contributed by atoms with Crippen LogP contribution in [-0.4, -0.2) is 24.6 Å². The Kier molecular flexibility index (Phi) is 4.98. The molecular weight excluding hydrogens is 350 g/mol. The first-order chi connectivity index (χ1) is 13.2. The first-order valence-corrected chi connectivity index (χ1v) is 9.33. The second-order valence-corrected chi connectivity index (χ2v) is 7.37. The first kappa shape index (κ1) is 19.6. The van der Waals surface area contributed by atoms with Gasteiger partial charge in [-0.3, -0.25) is 4.57 Å².